The summed E-state index contributed by atoms with van der Waals surface area (Å²) in [5.74, 6) is 0.784. The molecule has 1 saturated heterocycles. The van der Waals surface area contributed by atoms with Crippen molar-refractivity contribution in [3.8, 4) is 0 Å². The van der Waals surface area contributed by atoms with E-state index >= 15 is 0 Å². The zero-order valence-corrected chi connectivity index (χ0v) is 16.8. The second kappa shape index (κ2) is 8.47. The highest BCUT2D eigenvalue weighted by Crippen LogP contribution is 2.41. The number of carbonyl (C=O) groups excluding carboxylic acids is 2. The molecule has 2 unspecified atom stereocenters. The van der Waals surface area contributed by atoms with Crippen molar-refractivity contribution in [2.75, 3.05) is 5.75 Å². The molecule has 1 saturated carbocycles. The molecule has 0 spiro atoms. The maximum atomic E-state index is 13.3. The summed E-state index contributed by atoms with van der Waals surface area (Å²) in [7, 11) is 0. The first-order chi connectivity index (χ1) is 12.5. The number of rotatable bonds is 4. The lowest BCUT2D eigenvalue weighted by Crippen LogP contribution is -2.49. The average molecular weight is 376 g/mol. The zero-order valence-electron chi connectivity index (χ0n) is 15.9. The van der Waals surface area contributed by atoms with E-state index in [1.54, 1.807) is 11.8 Å². The van der Waals surface area contributed by atoms with Crippen LogP contribution in [0.5, 0.6) is 0 Å². The number of aryl methyl sites for hydroxylation is 1. The molecule has 1 amide bonds. The highest BCUT2D eigenvalue weighted by Gasteiger charge is 2.46. The summed E-state index contributed by atoms with van der Waals surface area (Å²) < 4.78 is 5.46. The van der Waals surface area contributed by atoms with Crippen molar-refractivity contribution in [3.05, 3.63) is 35.4 Å². The van der Waals surface area contributed by atoms with E-state index in [9.17, 15) is 9.59 Å². The quantitative estimate of drug-likeness (QED) is 0.731. The molecule has 4 nitrogen and oxygen atoms in total. The van der Waals surface area contributed by atoms with Crippen LogP contribution in [0.25, 0.3) is 0 Å². The monoisotopic (exact) mass is 375 g/mol. The fourth-order valence-electron chi connectivity index (χ4n) is 3.90. The van der Waals surface area contributed by atoms with Gasteiger partial charge < -0.3 is 9.64 Å². The maximum absolute atomic E-state index is 13.3. The Balaban J connectivity index is 1.86. The Labute approximate surface area is 160 Å². The molecule has 2 fully saturated rings. The van der Waals surface area contributed by atoms with Crippen molar-refractivity contribution < 1.29 is 14.3 Å². The van der Waals surface area contributed by atoms with Crippen molar-refractivity contribution in [3.63, 3.8) is 0 Å². The van der Waals surface area contributed by atoms with Crippen molar-refractivity contribution >= 4 is 23.6 Å². The molecule has 0 N–H and O–H groups in total. The van der Waals surface area contributed by atoms with E-state index < -0.39 is 6.04 Å². The molecule has 2 aliphatic rings. The summed E-state index contributed by atoms with van der Waals surface area (Å²) >= 11 is 1.75. The summed E-state index contributed by atoms with van der Waals surface area (Å²) in [5, 5.41) is 0.0776. The van der Waals surface area contributed by atoms with Gasteiger partial charge in [0.1, 0.15) is 6.04 Å². The van der Waals surface area contributed by atoms with Crippen LogP contribution in [-0.4, -0.2) is 40.0 Å². The van der Waals surface area contributed by atoms with Crippen LogP contribution in [-0.2, 0) is 9.53 Å². The molecule has 1 aromatic rings. The van der Waals surface area contributed by atoms with Gasteiger partial charge in [-0.25, -0.2) is 4.79 Å². The van der Waals surface area contributed by atoms with E-state index in [1.807, 2.05) is 49.9 Å². The van der Waals surface area contributed by atoms with Crippen LogP contribution in [0.4, 0.5) is 0 Å². The van der Waals surface area contributed by atoms with Crippen LogP contribution in [0.2, 0.25) is 0 Å². The minimum absolute atomic E-state index is 0.0451. The van der Waals surface area contributed by atoms with E-state index in [1.165, 1.54) is 19.3 Å². The summed E-state index contributed by atoms with van der Waals surface area (Å²) in [4.78, 5) is 27.8. The topological polar surface area (TPSA) is 46.6 Å². The number of hydrogen-bond donors (Lipinski definition) is 0. The number of amides is 1. The Morgan fingerprint density at radius 1 is 1.12 bits per heavy atom. The third-order valence-electron chi connectivity index (χ3n) is 5.24. The SMILES string of the molecule is Cc1ccc(C(=O)N2C(C(=O)OC(C)C)CSC2C2CCCCC2)cc1. The lowest BCUT2D eigenvalue weighted by molar-refractivity contribution is -0.152. The number of esters is 1. The standard InChI is InChI=1S/C21H29NO3S/c1-14(2)25-21(24)18-13-26-20(17-7-5-4-6-8-17)22(18)19(23)16-11-9-15(3)10-12-16/h9-12,14,17-18,20H,4-8,13H2,1-3H3. The van der Waals surface area contributed by atoms with Crippen LogP contribution >= 0.6 is 11.8 Å². The number of benzene rings is 1. The van der Waals surface area contributed by atoms with Crippen molar-refractivity contribution in [1.82, 2.24) is 4.90 Å². The molecule has 0 bridgehead atoms. The highest BCUT2D eigenvalue weighted by molar-refractivity contribution is 8.00. The second-order valence-electron chi connectivity index (χ2n) is 7.70. The number of nitrogens with zero attached hydrogens (tertiary/aromatic N) is 1. The number of hydrogen-bond acceptors (Lipinski definition) is 4. The Kier molecular flexibility index (Phi) is 6.28. The number of ether oxygens (including phenoxy) is 1. The van der Waals surface area contributed by atoms with Gasteiger partial charge in [0.25, 0.3) is 5.91 Å². The Morgan fingerprint density at radius 2 is 1.77 bits per heavy atom. The summed E-state index contributed by atoms with van der Waals surface area (Å²) in [6.45, 7) is 5.71. The normalized spacial score (nSPS) is 24.1. The number of carbonyl (C=O) groups is 2. The van der Waals surface area contributed by atoms with E-state index in [2.05, 4.69) is 0 Å². The smallest absolute Gasteiger partial charge is 0.330 e. The number of thioether (sulfide) groups is 1. The van der Waals surface area contributed by atoms with Gasteiger partial charge in [-0.3, -0.25) is 4.79 Å². The highest BCUT2D eigenvalue weighted by atomic mass is 32.2. The lowest BCUT2D eigenvalue weighted by atomic mass is 9.88. The molecule has 5 heteroatoms. The fourth-order valence-corrected chi connectivity index (χ4v) is 5.53. The first-order valence-corrected chi connectivity index (χ1v) is 10.7. The van der Waals surface area contributed by atoms with Crippen LogP contribution in [0.1, 0.15) is 61.9 Å². The van der Waals surface area contributed by atoms with Crippen LogP contribution in [0.15, 0.2) is 24.3 Å². The molecule has 1 heterocycles. The van der Waals surface area contributed by atoms with Gasteiger partial charge in [0, 0.05) is 11.3 Å². The Hall–Kier alpha value is -1.49. The van der Waals surface area contributed by atoms with Gasteiger partial charge in [-0.2, -0.15) is 0 Å². The fraction of sp³-hybridized carbons (Fsp3) is 0.619. The van der Waals surface area contributed by atoms with E-state index in [0.29, 0.717) is 17.2 Å². The Bertz CT molecular complexity index is 637. The van der Waals surface area contributed by atoms with Gasteiger partial charge in [-0.1, -0.05) is 37.0 Å². The molecule has 1 aliphatic heterocycles. The van der Waals surface area contributed by atoms with Gasteiger partial charge in [-0.05, 0) is 51.7 Å². The summed E-state index contributed by atoms with van der Waals surface area (Å²) in [6, 6.07) is 7.15. The minimum Gasteiger partial charge on any atom is -0.461 e. The molecular weight excluding hydrogens is 346 g/mol. The predicted octanol–water partition coefficient (Wildman–Crippen LogP) is 4.41. The average Bonchev–Trinajstić information content (AvgIpc) is 3.07. The predicted molar refractivity (Wildman–Crippen MR) is 105 cm³/mol. The van der Waals surface area contributed by atoms with Gasteiger partial charge >= 0.3 is 5.97 Å². The van der Waals surface area contributed by atoms with Gasteiger partial charge in [0.2, 0.25) is 0 Å². The second-order valence-corrected chi connectivity index (χ2v) is 8.85. The van der Waals surface area contributed by atoms with Crippen molar-refractivity contribution in [2.45, 2.75) is 70.4 Å². The summed E-state index contributed by atoms with van der Waals surface area (Å²) in [5.41, 5.74) is 1.78. The maximum Gasteiger partial charge on any atom is 0.330 e. The molecule has 26 heavy (non-hydrogen) atoms. The van der Waals surface area contributed by atoms with Crippen LogP contribution in [0.3, 0.4) is 0 Å². The first kappa shape index (κ1) is 19.3. The zero-order chi connectivity index (χ0) is 18.7. The molecule has 0 aromatic heterocycles. The molecule has 2 atom stereocenters. The van der Waals surface area contributed by atoms with Crippen molar-refractivity contribution in [1.29, 1.82) is 0 Å². The van der Waals surface area contributed by atoms with E-state index in [-0.39, 0.29) is 23.4 Å². The van der Waals surface area contributed by atoms with Crippen molar-refractivity contribution in [2.24, 2.45) is 5.92 Å². The molecule has 142 valence electrons. The summed E-state index contributed by atoms with van der Waals surface area (Å²) in [6.07, 6.45) is 5.82. The molecule has 1 aliphatic carbocycles. The third kappa shape index (κ3) is 4.25. The molecule has 3 rings (SSSR count). The van der Waals surface area contributed by atoms with Crippen LogP contribution in [0, 0.1) is 12.8 Å². The van der Waals surface area contributed by atoms with E-state index in [0.717, 1.165) is 18.4 Å². The molecule has 1 aromatic carbocycles. The van der Waals surface area contributed by atoms with Gasteiger partial charge in [-0.15, -0.1) is 11.8 Å². The van der Waals surface area contributed by atoms with Gasteiger partial charge in [0.05, 0.1) is 11.5 Å². The minimum atomic E-state index is -0.483. The third-order valence-corrected chi connectivity index (χ3v) is 6.71. The first-order valence-electron chi connectivity index (χ1n) is 9.69. The molecule has 0 radical (unpaired) electrons. The van der Waals surface area contributed by atoms with Crippen LogP contribution < -0.4 is 0 Å². The lowest BCUT2D eigenvalue weighted by Gasteiger charge is -2.35. The van der Waals surface area contributed by atoms with Gasteiger partial charge in [0.15, 0.2) is 0 Å². The molecular formula is C21H29NO3S. The largest absolute Gasteiger partial charge is 0.461 e. The Morgan fingerprint density at radius 3 is 2.38 bits per heavy atom. The van der Waals surface area contributed by atoms with E-state index in [4.69, 9.17) is 4.74 Å².